The molecule has 2 rings (SSSR count). The number of anilines is 2. The molecule has 2 unspecified atom stereocenters. The highest BCUT2D eigenvalue weighted by molar-refractivity contribution is 7.19. The van der Waals surface area contributed by atoms with Crippen LogP contribution in [-0.2, 0) is 0 Å². The lowest BCUT2D eigenvalue weighted by Gasteiger charge is -2.12. The van der Waals surface area contributed by atoms with Crippen LogP contribution in [0.3, 0.4) is 0 Å². The van der Waals surface area contributed by atoms with Gasteiger partial charge in [-0.25, -0.2) is 0 Å². The molecule has 5 nitrogen and oxygen atoms in total. The minimum atomic E-state index is -0.173. The molecule has 0 spiro atoms. The van der Waals surface area contributed by atoms with Gasteiger partial charge in [0, 0.05) is 13.1 Å². The van der Waals surface area contributed by atoms with Crippen molar-refractivity contribution in [2.45, 2.75) is 39.3 Å². The predicted molar refractivity (Wildman–Crippen MR) is 79.1 cm³/mol. The number of ether oxygens (including phenoxy) is 1. The Hall–Kier alpha value is -1.43. The van der Waals surface area contributed by atoms with Gasteiger partial charge in [0.2, 0.25) is 0 Å². The Morgan fingerprint density at radius 2 is 2.16 bits per heavy atom. The van der Waals surface area contributed by atoms with Gasteiger partial charge in [0.15, 0.2) is 5.75 Å². The molecule has 4 N–H and O–H groups in total. The van der Waals surface area contributed by atoms with Crippen LogP contribution in [-0.4, -0.2) is 25.1 Å². The van der Waals surface area contributed by atoms with Crippen LogP contribution in [0.1, 0.15) is 36.9 Å². The molecule has 19 heavy (non-hydrogen) atoms. The molecule has 1 aromatic heterocycles. The Morgan fingerprint density at radius 3 is 2.63 bits per heavy atom. The van der Waals surface area contributed by atoms with Gasteiger partial charge in [-0.2, -0.15) is 0 Å². The second kappa shape index (κ2) is 5.28. The average molecular weight is 283 g/mol. The highest BCUT2D eigenvalue weighted by Crippen LogP contribution is 2.46. The van der Waals surface area contributed by atoms with Crippen LogP contribution in [0.5, 0.6) is 5.75 Å². The van der Waals surface area contributed by atoms with E-state index in [1.807, 2.05) is 13.8 Å². The van der Waals surface area contributed by atoms with Crippen molar-refractivity contribution in [3.8, 4) is 5.75 Å². The van der Waals surface area contributed by atoms with Crippen LogP contribution in [0.25, 0.3) is 0 Å². The molecule has 1 amide bonds. The fraction of sp³-hybridized carbons (Fsp3) is 0.615. The number of thiophene rings is 1. The first-order valence-electron chi connectivity index (χ1n) is 6.51. The highest BCUT2D eigenvalue weighted by atomic mass is 32.1. The highest BCUT2D eigenvalue weighted by Gasteiger charge is 2.34. The summed E-state index contributed by atoms with van der Waals surface area (Å²) in [6, 6.07) is 0.463. The molecule has 0 bridgehead atoms. The largest absolute Gasteiger partial charge is 0.486 e. The maximum Gasteiger partial charge on any atom is 0.263 e. The first-order chi connectivity index (χ1) is 8.93. The molecule has 1 aromatic rings. The number of carbonyl (C=O) groups is 1. The molecule has 2 atom stereocenters. The van der Waals surface area contributed by atoms with E-state index in [0.717, 1.165) is 11.4 Å². The average Bonchev–Trinajstić information content (AvgIpc) is 2.96. The van der Waals surface area contributed by atoms with Crippen molar-refractivity contribution in [3.05, 3.63) is 4.88 Å². The summed E-state index contributed by atoms with van der Waals surface area (Å²) in [5, 5.41) is 6.88. The molecule has 0 saturated heterocycles. The fourth-order valence-corrected chi connectivity index (χ4v) is 2.91. The number of amides is 1. The first kappa shape index (κ1) is 14.0. The Labute approximate surface area is 117 Å². The van der Waals surface area contributed by atoms with Gasteiger partial charge in [-0.3, -0.25) is 4.79 Å². The Bertz CT molecular complexity index is 484. The zero-order chi connectivity index (χ0) is 14.2. The lowest BCUT2D eigenvalue weighted by atomic mass is 10.3. The van der Waals surface area contributed by atoms with E-state index >= 15 is 0 Å². The molecule has 6 heteroatoms. The Kier molecular flexibility index (Phi) is 3.89. The summed E-state index contributed by atoms with van der Waals surface area (Å²) in [6.45, 7) is 6.08. The van der Waals surface area contributed by atoms with E-state index in [-0.39, 0.29) is 12.0 Å². The topological polar surface area (TPSA) is 76.4 Å². The van der Waals surface area contributed by atoms with Crippen molar-refractivity contribution in [1.29, 1.82) is 0 Å². The normalized spacial score (nSPS) is 21.3. The third-order valence-corrected chi connectivity index (χ3v) is 4.23. The van der Waals surface area contributed by atoms with Crippen molar-refractivity contribution in [2.75, 3.05) is 18.1 Å². The molecule has 1 aliphatic carbocycles. The van der Waals surface area contributed by atoms with E-state index in [2.05, 4.69) is 17.6 Å². The number of rotatable bonds is 5. The lowest BCUT2D eigenvalue weighted by molar-refractivity contribution is 0.0967. The molecular formula is C13H21N3O2S. The number of hydrogen-bond acceptors (Lipinski definition) is 5. The van der Waals surface area contributed by atoms with Crippen molar-refractivity contribution in [3.63, 3.8) is 0 Å². The second-order valence-corrected chi connectivity index (χ2v) is 6.23. The van der Waals surface area contributed by atoms with Gasteiger partial charge in [0.05, 0.1) is 6.10 Å². The molecule has 0 radical (unpaired) electrons. The molecule has 1 heterocycles. The predicted octanol–water partition coefficient (Wildman–Crippen LogP) is 2.30. The van der Waals surface area contributed by atoms with Gasteiger partial charge in [-0.15, -0.1) is 11.3 Å². The SMILES string of the molecule is CNC(=O)c1sc(NC2CC2C)c(OC(C)C)c1N. The summed E-state index contributed by atoms with van der Waals surface area (Å²) < 4.78 is 5.76. The van der Waals surface area contributed by atoms with Gasteiger partial charge < -0.3 is 21.1 Å². The number of nitrogens with one attached hydrogen (secondary N) is 2. The minimum Gasteiger partial charge on any atom is -0.486 e. The van der Waals surface area contributed by atoms with Gasteiger partial charge in [0.25, 0.3) is 5.91 Å². The molecule has 1 saturated carbocycles. The van der Waals surface area contributed by atoms with Gasteiger partial charge >= 0.3 is 0 Å². The quantitative estimate of drug-likeness (QED) is 0.775. The van der Waals surface area contributed by atoms with Crippen LogP contribution < -0.4 is 21.1 Å². The molecule has 1 fully saturated rings. The van der Waals surface area contributed by atoms with Crippen LogP contribution in [0.4, 0.5) is 10.7 Å². The summed E-state index contributed by atoms with van der Waals surface area (Å²) in [6.07, 6.45) is 1.17. The van der Waals surface area contributed by atoms with Gasteiger partial charge in [0.1, 0.15) is 15.6 Å². The molecule has 106 valence electrons. The summed E-state index contributed by atoms with van der Waals surface area (Å²) in [5.74, 6) is 1.10. The Balaban J connectivity index is 2.30. The zero-order valence-electron chi connectivity index (χ0n) is 11.7. The van der Waals surface area contributed by atoms with Crippen LogP contribution in [0, 0.1) is 5.92 Å². The molecule has 0 aromatic carbocycles. The molecule has 0 aliphatic heterocycles. The van der Waals surface area contributed by atoms with E-state index < -0.39 is 0 Å². The Morgan fingerprint density at radius 1 is 1.53 bits per heavy atom. The maximum absolute atomic E-state index is 11.8. The lowest BCUT2D eigenvalue weighted by Crippen LogP contribution is -2.17. The zero-order valence-corrected chi connectivity index (χ0v) is 12.6. The smallest absolute Gasteiger partial charge is 0.263 e. The van der Waals surface area contributed by atoms with E-state index in [1.165, 1.54) is 11.3 Å². The van der Waals surface area contributed by atoms with Crippen molar-refractivity contribution in [1.82, 2.24) is 5.32 Å². The minimum absolute atomic E-state index is 0.0200. The number of hydrogen-bond donors (Lipinski definition) is 3. The number of carbonyl (C=O) groups excluding carboxylic acids is 1. The standard InChI is InChI=1S/C13H21N3O2S/c1-6(2)18-10-9(14)11(12(17)15-4)19-13(10)16-8-5-7(8)3/h6-8,16H,5,14H2,1-4H3,(H,15,17). The van der Waals surface area contributed by atoms with E-state index in [4.69, 9.17) is 10.5 Å². The summed E-state index contributed by atoms with van der Waals surface area (Å²) in [5.41, 5.74) is 6.47. The summed E-state index contributed by atoms with van der Waals surface area (Å²) in [7, 11) is 1.60. The summed E-state index contributed by atoms with van der Waals surface area (Å²) in [4.78, 5) is 12.3. The summed E-state index contributed by atoms with van der Waals surface area (Å²) >= 11 is 1.36. The van der Waals surface area contributed by atoms with Gasteiger partial charge in [-0.1, -0.05) is 6.92 Å². The fourth-order valence-electron chi connectivity index (χ4n) is 1.85. The van der Waals surface area contributed by atoms with Crippen molar-refractivity contribution >= 4 is 27.9 Å². The van der Waals surface area contributed by atoms with Gasteiger partial charge in [-0.05, 0) is 26.2 Å². The number of nitrogen functional groups attached to an aromatic ring is 1. The van der Waals surface area contributed by atoms with Crippen LogP contribution >= 0.6 is 11.3 Å². The number of nitrogens with two attached hydrogens (primary N) is 1. The molecule has 1 aliphatic rings. The van der Waals surface area contributed by atoms with E-state index in [1.54, 1.807) is 7.05 Å². The monoisotopic (exact) mass is 283 g/mol. The molecular weight excluding hydrogens is 262 g/mol. The van der Waals surface area contributed by atoms with Crippen molar-refractivity contribution < 1.29 is 9.53 Å². The third kappa shape index (κ3) is 2.94. The van der Waals surface area contributed by atoms with E-state index in [9.17, 15) is 4.79 Å². The van der Waals surface area contributed by atoms with Crippen LogP contribution in [0.15, 0.2) is 0 Å². The maximum atomic E-state index is 11.8. The first-order valence-corrected chi connectivity index (χ1v) is 7.33. The van der Waals surface area contributed by atoms with E-state index in [0.29, 0.717) is 28.3 Å². The van der Waals surface area contributed by atoms with Crippen molar-refractivity contribution in [2.24, 2.45) is 5.92 Å². The second-order valence-electron chi connectivity index (χ2n) is 5.21. The third-order valence-electron chi connectivity index (χ3n) is 3.11. The van der Waals surface area contributed by atoms with Crippen LogP contribution in [0.2, 0.25) is 0 Å².